The summed E-state index contributed by atoms with van der Waals surface area (Å²) in [4.78, 5) is 38.6. The maximum Gasteiger partial charge on any atom is 0.328 e. The topological polar surface area (TPSA) is 153 Å². The molecule has 2 rings (SSSR count). The highest BCUT2D eigenvalue weighted by atomic mass is 32.2. The summed E-state index contributed by atoms with van der Waals surface area (Å²) >= 11 is 0. The van der Waals surface area contributed by atoms with Crippen molar-refractivity contribution in [3.8, 4) is 0 Å². The smallest absolute Gasteiger partial charge is 0.328 e. The number of aliphatic carboxylic acids is 1. The number of carbonyl (C=O) groups excluding carboxylic acids is 2. The monoisotopic (exact) mass is 497 g/mol. The van der Waals surface area contributed by atoms with Gasteiger partial charge in [0.1, 0.15) is 6.04 Å². The number of hydrogen-bond donors (Lipinski definition) is 4. The minimum atomic E-state index is -3.91. The fraction of sp³-hybridized carbons (Fsp3) is 0.609. The van der Waals surface area contributed by atoms with Crippen LogP contribution in [0.3, 0.4) is 0 Å². The van der Waals surface area contributed by atoms with Crippen molar-refractivity contribution in [2.24, 2.45) is 11.8 Å². The molecule has 1 aliphatic rings. The number of amides is 2. The second-order valence-electron chi connectivity index (χ2n) is 8.96. The van der Waals surface area contributed by atoms with Gasteiger partial charge in [0, 0.05) is 19.0 Å². The van der Waals surface area contributed by atoms with Crippen molar-refractivity contribution >= 4 is 27.8 Å². The first kappa shape index (κ1) is 27.7. The standard InChI is InChI=1S/C23H35N3O7S/c1-5-15(3)19(25-34(32,33)18-8-6-14(2)7-9-18)22(29)26-12-10-17(11-13-26)21(28)24-20(16(4)27)23(30)31/h6-9,15-17,19-20,25,27H,5,10-13H2,1-4H3,(H,24,28)(H,30,31)/t15-,16+,19-,20-/m0/s1. The Morgan fingerprint density at radius 2 is 1.65 bits per heavy atom. The van der Waals surface area contributed by atoms with Crippen LogP contribution in [0.2, 0.25) is 0 Å². The first-order chi connectivity index (χ1) is 15.9. The van der Waals surface area contributed by atoms with Crippen molar-refractivity contribution in [1.82, 2.24) is 14.9 Å². The molecule has 1 aliphatic heterocycles. The molecule has 0 unspecified atom stereocenters. The molecule has 0 saturated carbocycles. The Bertz CT molecular complexity index is 971. The number of sulfonamides is 1. The van der Waals surface area contributed by atoms with E-state index in [0.29, 0.717) is 19.3 Å². The molecule has 1 aromatic rings. The van der Waals surface area contributed by atoms with Crippen LogP contribution in [0.1, 0.15) is 45.6 Å². The Hall–Kier alpha value is -2.50. The van der Waals surface area contributed by atoms with Crippen molar-refractivity contribution < 1.29 is 33.0 Å². The first-order valence-corrected chi connectivity index (χ1v) is 12.9. The Balaban J connectivity index is 2.07. The number of aliphatic hydroxyl groups excluding tert-OH is 1. The van der Waals surface area contributed by atoms with Gasteiger partial charge in [0.05, 0.1) is 11.0 Å². The molecule has 0 radical (unpaired) electrons. The number of carboxylic acids is 1. The number of nitrogens with zero attached hydrogens (tertiary/aromatic N) is 1. The SMILES string of the molecule is CC[C@H](C)[C@H](NS(=O)(=O)c1ccc(C)cc1)C(=O)N1CCC(C(=O)N[C@H](C(=O)O)[C@@H](C)O)CC1. The molecule has 4 atom stereocenters. The van der Waals surface area contributed by atoms with E-state index in [1.165, 1.54) is 19.1 Å². The lowest BCUT2D eigenvalue weighted by atomic mass is 9.93. The molecule has 1 aromatic carbocycles. The van der Waals surface area contributed by atoms with Gasteiger partial charge in [0.25, 0.3) is 0 Å². The van der Waals surface area contributed by atoms with E-state index in [2.05, 4.69) is 10.0 Å². The molecule has 0 aromatic heterocycles. The molecular formula is C23H35N3O7S. The van der Waals surface area contributed by atoms with E-state index >= 15 is 0 Å². The molecule has 2 amide bonds. The zero-order chi connectivity index (χ0) is 25.6. The Morgan fingerprint density at radius 1 is 1.09 bits per heavy atom. The van der Waals surface area contributed by atoms with Crippen LogP contribution in [0.4, 0.5) is 0 Å². The zero-order valence-corrected chi connectivity index (χ0v) is 20.8. The second kappa shape index (κ2) is 11.8. The molecule has 0 bridgehead atoms. The summed E-state index contributed by atoms with van der Waals surface area (Å²) in [6.45, 7) is 7.30. The lowest BCUT2D eigenvalue weighted by Crippen LogP contribution is -2.55. The third-order valence-corrected chi connectivity index (χ3v) is 7.77. The van der Waals surface area contributed by atoms with Gasteiger partial charge in [-0.05, 0) is 44.7 Å². The fourth-order valence-electron chi connectivity index (χ4n) is 3.82. The van der Waals surface area contributed by atoms with E-state index in [9.17, 15) is 27.9 Å². The summed E-state index contributed by atoms with van der Waals surface area (Å²) in [6.07, 6.45) is -0.0498. The molecular weight excluding hydrogens is 462 g/mol. The molecule has 190 valence electrons. The van der Waals surface area contributed by atoms with Gasteiger partial charge in [0.15, 0.2) is 6.04 Å². The van der Waals surface area contributed by atoms with E-state index in [1.54, 1.807) is 17.0 Å². The van der Waals surface area contributed by atoms with Gasteiger partial charge in [-0.15, -0.1) is 0 Å². The highest BCUT2D eigenvalue weighted by molar-refractivity contribution is 7.89. The number of likely N-dealkylation sites (tertiary alicyclic amines) is 1. The maximum atomic E-state index is 13.3. The lowest BCUT2D eigenvalue weighted by Gasteiger charge is -2.35. The average molecular weight is 498 g/mol. The normalized spacial score (nSPS) is 18.6. The molecule has 4 N–H and O–H groups in total. The summed E-state index contributed by atoms with van der Waals surface area (Å²) in [5.74, 6) is -2.92. The minimum Gasteiger partial charge on any atom is -0.480 e. The predicted octanol–water partition coefficient (Wildman–Crippen LogP) is 0.877. The molecule has 1 heterocycles. The van der Waals surface area contributed by atoms with Crippen molar-refractivity contribution in [2.75, 3.05) is 13.1 Å². The van der Waals surface area contributed by atoms with Crippen LogP contribution in [-0.2, 0) is 24.4 Å². The Labute approximate surface area is 200 Å². The second-order valence-corrected chi connectivity index (χ2v) is 10.7. The third kappa shape index (κ3) is 7.00. The first-order valence-electron chi connectivity index (χ1n) is 11.5. The number of carbonyl (C=O) groups is 3. The molecule has 10 nitrogen and oxygen atoms in total. The Morgan fingerprint density at radius 3 is 2.12 bits per heavy atom. The van der Waals surface area contributed by atoms with Gasteiger partial charge >= 0.3 is 5.97 Å². The zero-order valence-electron chi connectivity index (χ0n) is 20.0. The summed E-state index contributed by atoms with van der Waals surface area (Å²) in [5, 5.41) is 21.1. The predicted molar refractivity (Wildman–Crippen MR) is 125 cm³/mol. The van der Waals surface area contributed by atoms with Gasteiger partial charge in [-0.1, -0.05) is 38.0 Å². The quantitative estimate of drug-likeness (QED) is 0.374. The van der Waals surface area contributed by atoms with Crippen molar-refractivity contribution in [2.45, 2.75) is 70.0 Å². The minimum absolute atomic E-state index is 0.0840. The van der Waals surface area contributed by atoms with E-state index < -0.39 is 46.0 Å². The molecule has 1 saturated heterocycles. The number of piperidine rings is 1. The maximum absolute atomic E-state index is 13.3. The van der Waals surface area contributed by atoms with Gasteiger partial charge in [-0.2, -0.15) is 4.72 Å². The highest BCUT2D eigenvalue weighted by Crippen LogP contribution is 2.22. The lowest BCUT2D eigenvalue weighted by molar-refractivity contribution is -0.146. The van der Waals surface area contributed by atoms with Gasteiger partial charge in [-0.25, -0.2) is 13.2 Å². The number of nitrogens with one attached hydrogen (secondary N) is 2. The molecule has 0 spiro atoms. The van der Waals surface area contributed by atoms with E-state index in [4.69, 9.17) is 5.11 Å². The van der Waals surface area contributed by atoms with Crippen LogP contribution in [0.15, 0.2) is 29.2 Å². The van der Waals surface area contributed by atoms with Crippen molar-refractivity contribution in [3.63, 3.8) is 0 Å². The number of hydrogen-bond acceptors (Lipinski definition) is 6. The number of rotatable bonds is 10. The van der Waals surface area contributed by atoms with Crippen LogP contribution >= 0.6 is 0 Å². The third-order valence-electron chi connectivity index (χ3n) is 6.32. The van der Waals surface area contributed by atoms with Crippen LogP contribution in [0, 0.1) is 18.8 Å². The largest absolute Gasteiger partial charge is 0.480 e. The van der Waals surface area contributed by atoms with Crippen LogP contribution in [0.5, 0.6) is 0 Å². The summed E-state index contributed by atoms with van der Waals surface area (Å²) in [7, 11) is -3.91. The number of carboxylic acid groups (broad SMARTS) is 1. The molecule has 0 aliphatic carbocycles. The van der Waals surface area contributed by atoms with E-state index in [0.717, 1.165) is 5.56 Å². The number of aliphatic hydroxyl groups is 1. The molecule has 1 fully saturated rings. The van der Waals surface area contributed by atoms with Crippen molar-refractivity contribution in [1.29, 1.82) is 0 Å². The Kier molecular flexibility index (Phi) is 9.60. The van der Waals surface area contributed by atoms with Gasteiger partial charge in [-0.3, -0.25) is 9.59 Å². The van der Waals surface area contributed by atoms with Crippen LogP contribution in [0.25, 0.3) is 0 Å². The molecule has 11 heteroatoms. The summed E-state index contributed by atoms with van der Waals surface area (Å²) in [6, 6.07) is 4.02. The number of benzene rings is 1. The highest BCUT2D eigenvalue weighted by Gasteiger charge is 2.36. The van der Waals surface area contributed by atoms with Crippen LogP contribution < -0.4 is 10.0 Å². The van der Waals surface area contributed by atoms with Gasteiger partial charge in [0.2, 0.25) is 21.8 Å². The van der Waals surface area contributed by atoms with Crippen LogP contribution in [-0.4, -0.2) is 72.6 Å². The van der Waals surface area contributed by atoms with Gasteiger partial charge < -0.3 is 20.4 Å². The fourth-order valence-corrected chi connectivity index (χ4v) is 5.11. The average Bonchev–Trinajstić information content (AvgIpc) is 2.79. The van der Waals surface area contributed by atoms with E-state index in [-0.39, 0.29) is 29.8 Å². The summed E-state index contributed by atoms with van der Waals surface area (Å²) in [5.41, 5.74) is 0.920. The van der Waals surface area contributed by atoms with E-state index in [1.807, 2.05) is 20.8 Å². The molecule has 34 heavy (non-hydrogen) atoms. The summed E-state index contributed by atoms with van der Waals surface area (Å²) < 4.78 is 28.4. The van der Waals surface area contributed by atoms with Crippen molar-refractivity contribution in [3.05, 3.63) is 29.8 Å². The number of aryl methyl sites for hydroxylation is 1.